The number of nitrogens with zero attached hydrogens (tertiary/aromatic N) is 4. The van der Waals surface area contributed by atoms with E-state index in [0.717, 1.165) is 43.9 Å². The van der Waals surface area contributed by atoms with Crippen LogP contribution in [0.3, 0.4) is 0 Å². The predicted molar refractivity (Wildman–Crippen MR) is 77.3 cm³/mol. The Morgan fingerprint density at radius 3 is 3.15 bits per heavy atom. The molecular weight excluding hydrogens is 274 g/mol. The molecule has 2 heterocycles. The number of nitrogens with one attached hydrogen (secondary N) is 1. The average Bonchev–Trinajstić information content (AvgIpc) is 2.93. The highest BCUT2D eigenvalue weighted by Crippen LogP contribution is 2.21. The Labute approximate surface area is 122 Å². The van der Waals surface area contributed by atoms with E-state index in [1.165, 1.54) is 11.3 Å². The van der Waals surface area contributed by atoms with Gasteiger partial charge in [-0.1, -0.05) is 18.3 Å². The van der Waals surface area contributed by atoms with E-state index in [4.69, 9.17) is 5.26 Å². The first kappa shape index (κ1) is 14.9. The molecule has 1 amide bonds. The molecule has 0 bridgehead atoms. The molecule has 0 spiro atoms. The Balaban J connectivity index is 1.86. The topological polar surface area (TPSA) is 81.9 Å². The van der Waals surface area contributed by atoms with Gasteiger partial charge in [0.1, 0.15) is 5.01 Å². The highest BCUT2D eigenvalue weighted by molar-refractivity contribution is 7.15. The molecule has 6 nitrogen and oxygen atoms in total. The van der Waals surface area contributed by atoms with Crippen LogP contribution >= 0.6 is 11.3 Å². The number of rotatable bonds is 5. The van der Waals surface area contributed by atoms with Crippen LogP contribution in [0.25, 0.3) is 0 Å². The molecular formula is C13H19N5OS. The molecule has 0 radical (unpaired) electrons. The summed E-state index contributed by atoms with van der Waals surface area (Å²) in [5.41, 5.74) is 0. The smallest absolute Gasteiger partial charge is 0.230 e. The van der Waals surface area contributed by atoms with Crippen molar-refractivity contribution in [2.75, 3.05) is 25.0 Å². The lowest BCUT2D eigenvalue weighted by Crippen LogP contribution is -2.41. The molecule has 1 fully saturated rings. The average molecular weight is 293 g/mol. The SMILES string of the molecule is CCc1nnc(NC(=O)C2CCCN(CCC#N)C2)s1. The normalized spacial score (nSPS) is 19.5. The second-order valence-corrected chi connectivity index (χ2v) is 5.95. The molecule has 0 aliphatic carbocycles. The van der Waals surface area contributed by atoms with Gasteiger partial charge in [-0.25, -0.2) is 0 Å². The van der Waals surface area contributed by atoms with Gasteiger partial charge in [0, 0.05) is 19.5 Å². The van der Waals surface area contributed by atoms with E-state index in [9.17, 15) is 4.79 Å². The maximum atomic E-state index is 12.2. The summed E-state index contributed by atoms with van der Waals surface area (Å²) < 4.78 is 0. The summed E-state index contributed by atoms with van der Waals surface area (Å²) in [6, 6.07) is 2.15. The number of aryl methyl sites for hydroxylation is 1. The van der Waals surface area contributed by atoms with Crippen molar-refractivity contribution in [1.82, 2.24) is 15.1 Å². The molecule has 7 heteroatoms. The van der Waals surface area contributed by atoms with E-state index in [0.29, 0.717) is 11.6 Å². The van der Waals surface area contributed by atoms with Crippen LogP contribution in [0, 0.1) is 17.2 Å². The number of hydrogen-bond acceptors (Lipinski definition) is 6. The lowest BCUT2D eigenvalue weighted by molar-refractivity contribution is -0.121. The van der Waals surface area contributed by atoms with Gasteiger partial charge in [0.2, 0.25) is 11.0 Å². The first-order valence-corrected chi connectivity index (χ1v) is 7.77. The Bertz CT molecular complexity index is 495. The third-order valence-corrected chi connectivity index (χ3v) is 4.40. The molecule has 1 unspecified atom stereocenters. The summed E-state index contributed by atoms with van der Waals surface area (Å²) in [6.45, 7) is 4.47. The number of aromatic nitrogens is 2. The fourth-order valence-electron chi connectivity index (χ4n) is 2.34. The van der Waals surface area contributed by atoms with Crippen LogP contribution in [0.4, 0.5) is 5.13 Å². The van der Waals surface area contributed by atoms with Crippen molar-refractivity contribution in [1.29, 1.82) is 5.26 Å². The van der Waals surface area contributed by atoms with Gasteiger partial charge in [0.05, 0.1) is 12.0 Å². The largest absolute Gasteiger partial charge is 0.302 e. The molecule has 1 N–H and O–H groups in total. The third kappa shape index (κ3) is 3.99. The Morgan fingerprint density at radius 2 is 2.45 bits per heavy atom. The van der Waals surface area contributed by atoms with Gasteiger partial charge < -0.3 is 10.2 Å². The van der Waals surface area contributed by atoms with Gasteiger partial charge in [-0.05, 0) is 25.8 Å². The highest BCUT2D eigenvalue weighted by atomic mass is 32.1. The lowest BCUT2D eigenvalue weighted by atomic mass is 9.97. The fraction of sp³-hybridized carbons (Fsp3) is 0.692. The summed E-state index contributed by atoms with van der Waals surface area (Å²) in [5, 5.41) is 21.0. The van der Waals surface area contributed by atoms with E-state index < -0.39 is 0 Å². The second-order valence-electron chi connectivity index (χ2n) is 4.89. The number of likely N-dealkylation sites (tertiary alicyclic amines) is 1. The first-order valence-electron chi connectivity index (χ1n) is 6.95. The van der Waals surface area contributed by atoms with Gasteiger partial charge in [0.25, 0.3) is 0 Å². The van der Waals surface area contributed by atoms with Crippen LogP contribution in [0.15, 0.2) is 0 Å². The minimum absolute atomic E-state index is 0.0172. The van der Waals surface area contributed by atoms with E-state index in [2.05, 4.69) is 26.5 Å². The standard InChI is InChI=1S/C13H19N5OS/c1-2-11-16-17-13(20-11)15-12(19)10-5-3-7-18(9-10)8-4-6-14/h10H,2-5,7-9H2,1H3,(H,15,17,19). The van der Waals surface area contributed by atoms with E-state index >= 15 is 0 Å². The third-order valence-electron chi connectivity index (χ3n) is 3.42. The van der Waals surface area contributed by atoms with Crippen LogP contribution in [-0.2, 0) is 11.2 Å². The number of amides is 1. The molecule has 2 rings (SSSR count). The second kappa shape index (κ2) is 7.31. The first-order chi connectivity index (χ1) is 9.72. The number of nitriles is 1. The summed E-state index contributed by atoms with van der Waals surface area (Å²) in [4.78, 5) is 14.4. The monoisotopic (exact) mass is 293 g/mol. The van der Waals surface area contributed by atoms with E-state index in [1.807, 2.05) is 6.92 Å². The van der Waals surface area contributed by atoms with Crippen LogP contribution in [0.5, 0.6) is 0 Å². The van der Waals surface area contributed by atoms with Gasteiger partial charge in [-0.15, -0.1) is 10.2 Å². The van der Waals surface area contributed by atoms with Gasteiger partial charge in [-0.2, -0.15) is 5.26 Å². The molecule has 1 saturated heterocycles. The fourth-order valence-corrected chi connectivity index (χ4v) is 3.02. The van der Waals surface area contributed by atoms with Crippen molar-refractivity contribution in [2.45, 2.75) is 32.6 Å². The molecule has 1 aliphatic rings. The number of piperidine rings is 1. The summed E-state index contributed by atoms with van der Waals surface area (Å²) in [6.07, 6.45) is 3.25. The van der Waals surface area contributed by atoms with Gasteiger partial charge in [-0.3, -0.25) is 4.79 Å². The Hall–Kier alpha value is -1.52. The number of anilines is 1. The zero-order valence-electron chi connectivity index (χ0n) is 11.6. The lowest BCUT2D eigenvalue weighted by Gasteiger charge is -2.31. The van der Waals surface area contributed by atoms with Gasteiger partial charge >= 0.3 is 0 Å². The van der Waals surface area contributed by atoms with Crippen LogP contribution < -0.4 is 5.32 Å². The van der Waals surface area contributed by atoms with E-state index in [1.54, 1.807) is 0 Å². The minimum atomic E-state index is -0.0172. The Kier molecular flexibility index (Phi) is 5.44. The molecule has 1 aromatic heterocycles. The van der Waals surface area contributed by atoms with Gasteiger partial charge in [0.15, 0.2) is 0 Å². The van der Waals surface area contributed by atoms with Crippen molar-refractivity contribution in [2.24, 2.45) is 5.92 Å². The zero-order valence-corrected chi connectivity index (χ0v) is 12.4. The minimum Gasteiger partial charge on any atom is -0.302 e. The predicted octanol–water partition coefficient (Wildman–Crippen LogP) is 1.66. The van der Waals surface area contributed by atoms with Crippen molar-refractivity contribution in [3.8, 4) is 6.07 Å². The van der Waals surface area contributed by atoms with Crippen LogP contribution in [-0.4, -0.2) is 40.6 Å². The molecule has 108 valence electrons. The quantitative estimate of drug-likeness (QED) is 0.893. The summed E-state index contributed by atoms with van der Waals surface area (Å²) in [5.74, 6) is 0.00174. The summed E-state index contributed by atoms with van der Waals surface area (Å²) in [7, 11) is 0. The Morgan fingerprint density at radius 1 is 1.60 bits per heavy atom. The van der Waals surface area contributed by atoms with E-state index in [-0.39, 0.29) is 11.8 Å². The van der Waals surface area contributed by atoms with Crippen molar-refractivity contribution < 1.29 is 4.79 Å². The molecule has 1 aromatic rings. The molecule has 0 saturated carbocycles. The maximum Gasteiger partial charge on any atom is 0.230 e. The number of carbonyl (C=O) groups is 1. The maximum absolute atomic E-state index is 12.2. The van der Waals surface area contributed by atoms with Crippen LogP contribution in [0.2, 0.25) is 0 Å². The zero-order chi connectivity index (χ0) is 14.4. The molecule has 1 aliphatic heterocycles. The van der Waals surface area contributed by atoms with Crippen molar-refractivity contribution in [3.63, 3.8) is 0 Å². The number of hydrogen-bond donors (Lipinski definition) is 1. The summed E-state index contributed by atoms with van der Waals surface area (Å²) >= 11 is 1.43. The highest BCUT2D eigenvalue weighted by Gasteiger charge is 2.26. The molecule has 0 aromatic carbocycles. The van der Waals surface area contributed by atoms with Crippen LogP contribution in [0.1, 0.15) is 31.2 Å². The molecule has 20 heavy (non-hydrogen) atoms. The van der Waals surface area contributed by atoms with Crippen molar-refractivity contribution in [3.05, 3.63) is 5.01 Å². The number of carbonyl (C=O) groups excluding carboxylic acids is 1. The molecule has 1 atom stereocenters. The van der Waals surface area contributed by atoms with Crippen molar-refractivity contribution >= 4 is 22.4 Å².